The summed E-state index contributed by atoms with van der Waals surface area (Å²) in [5.41, 5.74) is 3.44. The second-order valence-electron chi connectivity index (χ2n) is 9.00. The highest BCUT2D eigenvalue weighted by Gasteiger charge is 2.22. The van der Waals surface area contributed by atoms with Crippen LogP contribution in [0.25, 0.3) is 0 Å². The number of carbonyl (C=O) groups is 1. The van der Waals surface area contributed by atoms with Gasteiger partial charge in [0.15, 0.2) is 9.84 Å². The molecule has 2 rings (SSSR count). The van der Waals surface area contributed by atoms with Crippen LogP contribution in [0.1, 0.15) is 46.6 Å². The first-order valence-corrected chi connectivity index (χ1v) is 14.4. The van der Waals surface area contributed by atoms with Crippen molar-refractivity contribution in [3.8, 4) is 5.75 Å². The van der Waals surface area contributed by atoms with E-state index in [1.165, 1.54) is 12.3 Å². The molecule has 0 bridgehead atoms. The smallest absolute Gasteiger partial charge is 0.247 e. The highest BCUT2D eigenvalue weighted by molar-refractivity contribution is 7.92. The molecule has 0 spiro atoms. The summed E-state index contributed by atoms with van der Waals surface area (Å²) in [7, 11) is -1.91. The number of hydrogen-bond acceptors (Lipinski definition) is 7. The summed E-state index contributed by atoms with van der Waals surface area (Å²) in [5, 5.41) is 8.96. The molecule has 0 saturated carbocycles. The van der Waals surface area contributed by atoms with Crippen molar-refractivity contribution in [2.24, 2.45) is 4.99 Å². The Morgan fingerprint density at radius 1 is 1.15 bits per heavy atom. The van der Waals surface area contributed by atoms with Crippen molar-refractivity contribution in [2.75, 3.05) is 17.7 Å². The van der Waals surface area contributed by atoms with Crippen molar-refractivity contribution in [2.45, 2.75) is 57.7 Å². The second-order valence-corrected chi connectivity index (χ2v) is 11.9. The SMILES string of the molecule is C=CC(=O)Nc1ccc(OC)c(CNC(/N=C\C(Cl)=C(/C)Nc2ccccc2S(=O)(=O)C(C)C)=C(/C)CC)c1. The third-order valence-electron chi connectivity index (χ3n) is 5.92. The first-order chi connectivity index (χ1) is 18.4. The maximum Gasteiger partial charge on any atom is 0.247 e. The Hall–Kier alpha value is -3.56. The summed E-state index contributed by atoms with van der Waals surface area (Å²) in [4.78, 5) is 16.5. The van der Waals surface area contributed by atoms with E-state index < -0.39 is 15.1 Å². The molecule has 2 aromatic carbocycles. The molecule has 10 heteroatoms. The highest BCUT2D eigenvalue weighted by Crippen LogP contribution is 2.27. The first kappa shape index (κ1) is 31.7. The monoisotopic (exact) mass is 572 g/mol. The average Bonchev–Trinajstić information content (AvgIpc) is 2.92. The van der Waals surface area contributed by atoms with Gasteiger partial charge in [-0.25, -0.2) is 13.4 Å². The van der Waals surface area contributed by atoms with Crippen molar-refractivity contribution in [3.05, 3.63) is 82.8 Å². The number of allylic oxidation sites excluding steroid dienone is 3. The minimum atomic E-state index is -3.49. The van der Waals surface area contributed by atoms with Crippen LogP contribution in [0.4, 0.5) is 11.4 Å². The van der Waals surface area contributed by atoms with Gasteiger partial charge < -0.3 is 20.7 Å². The summed E-state index contributed by atoms with van der Waals surface area (Å²) in [6.45, 7) is 12.9. The molecule has 1 amide bonds. The predicted molar refractivity (Wildman–Crippen MR) is 161 cm³/mol. The number of aliphatic imine (C=N–C) groups is 1. The van der Waals surface area contributed by atoms with E-state index in [1.54, 1.807) is 64.3 Å². The van der Waals surface area contributed by atoms with Crippen molar-refractivity contribution in [1.29, 1.82) is 0 Å². The maximum atomic E-state index is 12.8. The van der Waals surface area contributed by atoms with Gasteiger partial charge in [-0.2, -0.15) is 0 Å². The first-order valence-electron chi connectivity index (χ1n) is 12.5. The van der Waals surface area contributed by atoms with E-state index in [2.05, 4.69) is 27.5 Å². The molecule has 0 aliphatic heterocycles. The van der Waals surface area contributed by atoms with E-state index in [1.807, 2.05) is 19.9 Å². The molecule has 0 radical (unpaired) electrons. The quantitative estimate of drug-likeness (QED) is 0.190. The van der Waals surface area contributed by atoms with Gasteiger partial charge in [-0.3, -0.25) is 4.79 Å². The van der Waals surface area contributed by atoms with Gasteiger partial charge in [-0.15, -0.1) is 0 Å². The van der Waals surface area contributed by atoms with Crippen molar-refractivity contribution in [3.63, 3.8) is 0 Å². The average molecular weight is 573 g/mol. The topological polar surface area (TPSA) is 109 Å². The number of carbonyl (C=O) groups excluding carboxylic acids is 1. The van der Waals surface area contributed by atoms with E-state index in [-0.39, 0.29) is 10.8 Å². The molecule has 0 aromatic heterocycles. The molecule has 3 N–H and O–H groups in total. The van der Waals surface area contributed by atoms with Gasteiger partial charge in [0.2, 0.25) is 5.91 Å². The molecule has 210 valence electrons. The van der Waals surface area contributed by atoms with Crippen LogP contribution in [0.3, 0.4) is 0 Å². The minimum absolute atomic E-state index is 0.213. The lowest BCUT2D eigenvalue weighted by Gasteiger charge is -2.15. The summed E-state index contributed by atoms with van der Waals surface area (Å²) in [6, 6.07) is 12.1. The molecule has 0 heterocycles. The summed E-state index contributed by atoms with van der Waals surface area (Å²) >= 11 is 6.55. The molecule has 0 aliphatic carbocycles. The van der Waals surface area contributed by atoms with Crippen LogP contribution in [0, 0.1) is 0 Å². The van der Waals surface area contributed by atoms with Crippen LogP contribution in [0.5, 0.6) is 5.75 Å². The molecule has 0 fully saturated rings. The number of ether oxygens (including phenoxy) is 1. The van der Waals surface area contributed by atoms with Crippen LogP contribution < -0.4 is 20.7 Å². The Bertz CT molecular complexity index is 1400. The van der Waals surface area contributed by atoms with E-state index in [0.717, 1.165) is 17.6 Å². The number of methoxy groups -OCH3 is 1. The third-order valence-corrected chi connectivity index (χ3v) is 8.51. The van der Waals surface area contributed by atoms with Crippen LogP contribution >= 0.6 is 11.6 Å². The normalized spacial score (nSPS) is 13.0. The number of hydrogen-bond donors (Lipinski definition) is 3. The van der Waals surface area contributed by atoms with Crippen LogP contribution in [0.15, 0.2) is 87.1 Å². The minimum Gasteiger partial charge on any atom is -0.496 e. The fraction of sp³-hybridized carbons (Fsp3) is 0.310. The third kappa shape index (κ3) is 8.73. The van der Waals surface area contributed by atoms with Crippen molar-refractivity contribution in [1.82, 2.24) is 5.32 Å². The van der Waals surface area contributed by atoms with Gasteiger partial charge in [0.1, 0.15) is 11.6 Å². The Labute approximate surface area is 236 Å². The second kappa shape index (κ2) is 14.6. The maximum absolute atomic E-state index is 12.8. The van der Waals surface area contributed by atoms with Gasteiger partial charge in [0, 0.05) is 29.7 Å². The van der Waals surface area contributed by atoms with Crippen LogP contribution in [0.2, 0.25) is 0 Å². The largest absolute Gasteiger partial charge is 0.496 e. The van der Waals surface area contributed by atoms with Gasteiger partial charge in [-0.05, 0) is 76.1 Å². The zero-order valence-corrected chi connectivity index (χ0v) is 24.8. The highest BCUT2D eigenvalue weighted by atomic mass is 35.5. The van der Waals surface area contributed by atoms with E-state index in [9.17, 15) is 13.2 Å². The summed E-state index contributed by atoms with van der Waals surface area (Å²) in [5.74, 6) is 0.985. The van der Waals surface area contributed by atoms with E-state index >= 15 is 0 Å². The molecular weight excluding hydrogens is 536 g/mol. The zero-order valence-electron chi connectivity index (χ0n) is 23.3. The molecule has 2 aromatic rings. The van der Waals surface area contributed by atoms with Crippen LogP contribution in [-0.4, -0.2) is 32.9 Å². The van der Waals surface area contributed by atoms with Gasteiger partial charge >= 0.3 is 0 Å². The predicted octanol–water partition coefficient (Wildman–Crippen LogP) is 6.39. The molecule has 0 unspecified atom stereocenters. The summed E-state index contributed by atoms with van der Waals surface area (Å²) in [6.07, 6.45) is 3.48. The molecule has 39 heavy (non-hydrogen) atoms. The lowest BCUT2D eigenvalue weighted by atomic mass is 10.1. The molecule has 8 nitrogen and oxygen atoms in total. The van der Waals surface area contributed by atoms with Gasteiger partial charge in [0.05, 0.1) is 28.0 Å². The van der Waals surface area contributed by atoms with Crippen LogP contribution in [-0.2, 0) is 21.2 Å². The number of nitrogens with one attached hydrogen (secondary N) is 3. The van der Waals surface area contributed by atoms with E-state index in [4.69, 9.17) is 16.3 Å². The molecule has 0 aliphatic rings. The fourth-order valence-corrected chi connectivity index (χ4v) is 4.69. The fourth-order valence-electron chi connectivity index (χ4n) is 3.39. The molecular formula is C29H37ClN4O4S. The van der Waals surface area contributed by atoms with Crippen molar-refractivity contribution < 1.29 is 17.9 Å². The Morgan fingerprint density at radius 3 is 2.46 bits per heavy atom. The Balaban J connectivity index is 2.29. The number of benzene rings is 2. The lowest BCUT2D eigenvalue weighted by molar-refractivity contribution is -0.111. The number of halogens is 1. The molecule has 0 saturated heterocycles. The Kier molecular flexibility index (Phi) is 11.8. The van der Waals surface area contributed by atoms with Gasteiger partial charge in [0.25, 0.3) is 0 Å². The number of rotatable bonds is 13. The zero-order chi connectivity index (χ0) is 29.2. The van der Waals surface area contributed by atoms with Gasteiger partial charge in [-0.1, -0.05) is 37.2 Å². The standard InChI is InChI=1S/C29H37ClN4O4S/c1-8-20(5)29(31-17-22-16-23(34-28(35)9-2)14-15-26(22)38-7)32-18-24(30)21(6)33-25-12-10-11-13-27(25)39(36,37)19(3)4/h9-16,18-19,31,33H,2,8,17H2,1,3-7H3,(H,34,35)/b24-21-,29-20+,32-18-. The van der Waals surface area contributed by atoms with E-state index in [0.29, 0.717) is 40.2 Å². The number of para-hydroxylation sites is 1. The number of sulfone groups is 1. The number of amides is 1. The number of anilines is 2. The van der Waals surface area contributed by atoms with Crippen molar-refractivity contribution >= 4 is 44.9 Å². The molecule has 0 atom stereocenters. The Morgan fingerprint density at radius 2 is 1.85 bits per heavy atom. The summed E-state index contributed by atoms with van der Waals surface area (Å²) < 4.78 is 31.1. The lowest BCUT2D eigenvalue weighted by Crippen LogP contribution is -2.16. The number of nitrogens with zero attached hydrogens (tertiary/aromatic N) is 1.